The Balaban J connectivity index is 1.60. The van der Waals surface area contributed by atoms with Gasteiger partial charge in [0.15, 0.2) is 0 Å². The summed E-state index contributed by atoms with van der Waals surface area (Å²) in [6, 6.07) is 15.4. The number of nitrogens with zero attached hydrogens (tertiary/aromatic N) is 2. The van der Waals surface area contributed by atoms with Crippen molar-refractivity contribution in [1.29, 1.82) is 0 Å². The number of carbonyl (C=O) groups excluding carboxylic acids is 1. The first kappa shape index (κ1) is 19.0. The molecule has 3 aromatic rings. The lowest BCUT2D eigenvalue weighted by molar-refractivity contribution is -0.118. The van der Waals surface area contributed by atoms with E-state index in [2.05, 4.69) is 40.1 Å². The molecular formula is C20H22N4O2S. The molecule has 0 saturated carbocycles. The number of benzene rings is 2. The molecule has 0 unspecified atom stereocenters. The molecule has 7 heteroatoms. The Bertz CT molecular complexity index is 999. The molecule has 1 amide bonds. The SMILES string of the molecule is CCn1c(NNC(=O)CSCc2ccc(C)cc2)nc2ccccc2c1=O. The minimum atomic E-state index is -0.169. The molecule has 1 heterocycles. The zero-order valence-corrected chi connectivity index (χ0v) is 16.2. The first-order chi connectivity index (χ1) is 13.1. The molecule has 0 bridgehead atoms. The van der Waals surface area contributed by atoms with E-state index in [1.807, 2.05) is 26.0 Å². The van der Waals surface area contributed by atoms with Crippen molar-refractivity contribution in [2.24, 2.45) is 0 Å². The second kappa shape index (κ2) is 8.73. The molecule has 0 spiro atoms. The van der Waals surface area contributed by atoms with Crippen molar-refractivity contribution in [1.82, 2.24) is 15.0 Å². The van der Waals surface area contributed by atoms with Gasteiger partial charge in [0.1, 0.15) is 0 Å². The Kier molecular flexibility index (Phi) is 6.13. The number of amides is 1. The van der Waals surface area contributed by atoms with Crippen LogP contribution in [-0.2, 0) is 17.1 Å². The molecule has 0 aliphatic heterocycles. The molecule has 0 radical (unpaired) electrons. The van der Waals surface area contributed by atoms with Gasteiger partial charge in [-0.2, -0.15) is 0 Å². The first-order valence-electron chi connectivity index (χ1n) is 8.76. The number of nitrogens with one attached hydrogen (secondary N) is 2. The van der Waals surface area contributed by atoms with Crippen LogP contribution in [0.15, 0.2) is 53.3 Å². The molecule has 2 aromatic carbocycles. The Morgan fingerprint density at radius 3 is 2.63 bits per heavy atom. The van der Waals surface area contributed by atoms with Gasteiger partial charge in [-0.25, -0.2) is 4.98 Å². The van der Waals surface area contributed by atoms with E-state index in [1.165, 1.54) is 27.5 Å². The monoisotopic (exact) mass is 382 g/mol. The number of hydrogen-bond donors (Lipinski definition) is 2. The maximum atomic E-state index is 12.5. The molecule has 27 heavy (non-hydrogen) atoms. The molecular weight excluding hydrogens is 360 g/mol. The lowest BCUT2D eigenvalue weighted by Gasteiger charge is -2.14. The number of aryl methyl sites for hydroxylation is 1. The summed E-state index contributed by atoms with van der Waals surface area (Å²) < 4.78 is 1.50. The Hall–Kier alpha value is -2.80. The van der Waals surface area contributed by atoms with E-state index in [0.29, 0.717) is 29.1 Å². The van der Waals surface area contributed by atoms with Crippen LogP contribution in [-0.4, -0.2) is 21.2 Å². The largest absolute Gasteiger partial charge is 0.277 e. The number of hydrogen-bond acceptors (Lipinski definition) is 5. The van der Waals surface area contributed by atoms with Gasteiger partial charge in [0.25, 0.3) is 5.56 Å². The third-order valence-corrected chi connectivity index (χ3v) is 5.12. The van der Waals surface area contributed by atoms with Crippen LogP contribution in [0.2, 0.25) is 0 Å². The second-order valence-corrected chi connectivity index (χ2v) is 7.14. The van der Waals surface area contributed by atoms with E-state index >= 15 is 0 Å². The van der Waals surface area contributed by atoms with Crippen molar-refractivity contribution in [2.75, 3.05) is 11.2 Å². The highest BCUT2D eigenvalue weighted by atomic mass is 32.2. The Labute approximate surface area is 162 Å². The third-order valence-electron chi connectivity index (χ3n) is 4.11. The number of aromatic nitrogens is 2. The van der Waals surface area contributed by atoms with Crippen LogP contribution < -0.4 is 16.4 Å². The molecule has 1 aromatic heterocycles. The average molecular weight is 382 g/mol. The van der Waals surface area contributed by atoms with E-state index in [9.17, 15) is 9.59 Å². The summed E-state index contributed by atoms with van der Waals surface area (Å²) in [7, 11) is 0. The van der Waals surface area contributed by atoms with Crippen LogP contribution in [0.25, 0.3) is 10.9 Å². The number of thioether (sulfide) groups is 1. The summed E-state index contributed by atoms with van der Waals surface area (Å²) in [5.74, 6) is 1.24. The molecule has 2 N–H and O–H groups in total. The minimum absolute atomic E-state index is 0.131. The van der Waals surface area contributed by atoms with Gasteiger partial charge < -0.3 is 0 Å². The number of anilines is 1. The van der Waals surface area contributed by atoms with E-state index in [4.69, 9.17) is 0 Å². The summed E-state index contributed by atoms with van der Waals surface area (Å²) >= 11 is 1.53. The summed E-state index contributed by atoms with van der Waals surface area (Å²) in [5.41, 5.74) is 8.29. The molecule has 3 rings (SSSR count). The molecule has 0 saturated heterocycles. The summed E-state index contributed by atoms with van der Waals surface area (Å²) in [4.78, 5) is 29.1. The number of para-hydroxylation sites is 1. The number of fused-ring (bicyclic) bond motifs is 1. The van der Waals surface area contributed by atoms with Crippen LogP contribution in [0, 0.1) is 6.92 Å². The fourth-order valence-electron chi connectivity index (χ4n) is 2.66. The second-order valence-electron chi connectivity index (χ2n) is 6.15. The predicted molar refractivity (Wildman–Crippen MR) is 111 cm³/mol. The minimum Gasteiger partial charge on any atom is -0.277 e. The molecule has 0 aliphatic rings. The van der Waals surface area contributed by atoms with Crippen molar-refractivity contribution in [3.63, 3.8) is 0 Å². The summed E-state index contributed by atoms with van der Waals surface area (Å²) in [6.45, 7) is 4.37. The van der Waals surface area contributed by atoms with Gasteiger partial charge in [-0.15, -0.1) is 11.8 Å². The molecule has 0 fully saturated rings. The highest BCUT2D eigenvalue weighted by Gasteiger charge is 2.10. The molecule has 6 nitrogen and oxygen atoms in total. The topological polar surface area (TPSA) is 76.0 Å². The number of hydrazine groups is 1. The van der Waals surface area contributed by atoms with Gasteiger partial charge in [0.2, 0.25) is 11.9 Å². The van der Waals surface area contributed by atoms with Crippen molar-refractivity contribution in [3.05, 3.63) is 70.0 Å². The van der Waals surface area contributed by atoms with E-state index < -0.39 is 0 Å². The van der Waals surface area contributed by atoms with Crippen molar-refractivity contribution >= 4 is 34.5 Å². The van der Waals surface area contributed by atoms with Crippen LogP contribution in [0.4, 0.5) is 5.95 Å². The van der Waals surface area contributed by atoms with Crippen LogP contribution in [0.1, 0.15) is 18.1 Å². The summed E-state index contributed by atoms with van der Waals surface area (Å²) in [6.07, 6.45) is 0. The van der Waals surface area contributed by atoms with Crippen molar-refractivity contribution in [3.8, 4) is 0 Å². The molecule has 0 aliphatic carbocycles. The van der Waals surface area contributed by atoms with Gasteiger partial charge in [-0.05, 0) is 31.5 Å². The maximum Gasteiger partial charge on any atom is 0.262 e. The quantitative estimate of drug-likeness (QED) is 0.614. The van der Waals surface area contributed by atoms with Gasteiger partial charge in [0.05, 0.1) is 16.7 Å². The van der Waals surface area contributed by atoms with Crippen LogP contribution in [0.3, 0.4) is 0 Å². The fraction of sp³-hybridized carbons (Fsp3) is 0.250. The van der Waals surface area contributed by atoms with Gasteiger partial charge >= 0.3 is 0 Å². The van der Waals surface area contributed by atoms with Gasteiger partial charge in [-0.3, -0.25) is 25.0 Å². The van der Waals surface area contributed by atoms with Gasteiger partial charge in [0, 0.05) is 12.3 Å². The van der Waals surface area contributed by atoms with Crippen LogP contribution in [0.5, 0.6) is 0 Å². The summed E-state index contributed by atoms with van der Waals surface area (Å²) in [5, 5.41) is 0.560. The third kappa shape index (κ3) is 4.68. The fourth-order valence-corrected chi connectivity index (χ4v) is 3.45. The standard InChI is InChI=1S/C20H22N4O2S/c1-3-24-19(26)16-6-4-5-7-17(16)21-20(24)23-22-18(25)13-27-12-15-10-8-14(2)9-11-15/h4-11H,3,12-13H2,1-2H3,(H,21,23)(H,22,25). The average Bonchev–Trinajstić information content (AvgIpc) is 2.68. The Morgan fingerprint density at radius 1 is 1.15 bits per heavy atom. The Morgan fingerprint density at radius 2 is 1.89 bits per heavy atom. The molecule has 140 valence electrons. The molecule has 0 atom stereocenters. The van der Waals surface area contributed by atoms with Crippen LogP contribution >= 0.6 is 11.8 Å². The first-order valence-corrected chi connectivity index (χ1v) is 9.91. The smallest absolute Gasteiger partial charge is 0.262 e. The van der Waals surface area contributed by atoms with Crippen molar-refractivity contribution in [2.45, 2.75) is 26.1 Å². The predicted octanol–water partition coefficient (Wildman–Crippen LogP) is 3.10. The van der Waals surface area contributed by atoms with E-state index in [1.54, 1.807) is 12.1 Å². The lowest BCUT2D eigenvalue weighted by Crippen LogP contribution is -2.35. The maximum absolute atomic E-state index is 12.5. The van der Waals surface area contributed by atoms with Crippen molar-refractivity contribution < 1.29 is 4.79 Å². The normalized spacial score (nSPS) is 10.7. The zero-order chi connectivity index (χ0) is 19.2. The zero-order valence-electron chi connectivity index (χ0n) is 15.4. The highest BCUT2D eigenvalue weighted by Crippen LogP contribution is 2.13. The van der Waals surface area contributed by atoms with E-state index in [0.717, 1.165) is 5.75 Å². The highest BCUT2D eigenvalue weighted by molar-refractivity contribution is 7.99. The van der Waals surface area contributed by atoms with E-state index in [-0.39, 0.29) is 11.5 Å². The number of rotatable bonds is 7. The number of carbonyl (C=O) groups is 1. The lowest BCUT2D eigenvalue weighted by atomic mass is 10.2. The van der Waals surface area contributed by atoms with Gasteiger partial charge in [-0.1, -0.05) is 42.0 Å².